The summed E-state index contributed by atoms with van der Waals surface area (Å²) in [6, 6.07) is 9.59. The molecule has 3 heterocycles. The van der Waals surface area contributed by atoms with Gasteiger partial charge in [-0.15, -0.1) is 0 Å². The molecule has 1 aliphatic rings. The van der Waals surface area contributed by atoms with Gasteiger partial charge in [-0.1, -0.05) is 12.1 Å². The van der Waals surface area contributed by atoms with E-state index in [0.717, 1.165) is 34.9 Å². The van der Waals surface area contributed by atoms with Gasteiger partial charge in [-0.25, -0.2) is 17.8 Å². The molecule has 1 saturated heterocycles. The van der Waals surface area contributed by atoms with Gasteiger partial charge >= 0.3 is 0 Å². The summed E-state index contributed by atoms with van der Waals surface area (Å²) in [4.78, 5) is 4.05. The normalized spacial score (nSPS) is 16.8. The molecule has 0 amide bonds. The topological polar surface area (TPSA) is 55.2 Å². The maximum Gasteiger partial charge on any atom is 0.245 e. The summed E-state index contributed by atoms with van der Waals surface area (Å²) in [5.41, 5.74) is 1.07. The molecule has 1 aliphatic heterocycles. The molecule has 1 aromatic carbocycles. The number of rotatable bonds is 4. The number of pyridine rings is 1. The van der Waals surface area contributed by atoms with Crippen molar-refractivity contribution in [3.63, 3.8) is 0 Å². The number of benzene rings is 1. The first-order valence-electron chi connectivity index (χ1n) is 8.80. The molecule has 0 bridgehead atoms. The Bertz CT molecular complexity index is 1080. The molecule has 4 rings (SSSR count). The van der Waals surface area contributed by atoms with Gasteiger partial charge in [-0.05, 0) is 59.0 Å². The van der Waals surface area contributed by atoms with Crippen molar-refractivity contribution >= 4 is 36.9 Å². The number of piperidine rings is 1. The quantitative estimate of drug-likeness (QED) is 0.562. The predicted molar refractivity (Wildman–Crippen MR) is 105 cm³/mol. The number of sulfonamides is 1. The average molecular weight is 452 g/mol. The fourth-order valence-corrected chi connectivity index (χ4v) is 5.51. The van der Waals surface area contributed by atoms with Crippen molar-refractivity contribution in [3.8, 4) is 0 Å². The van der Waals surface area contributed by atoms with Gasteiger partial charge < -0.3 is 4.57 Å². The van der Waals surface area contributed by atoms with Crippen molar-refractivity contribution in [2.75, 3.05) is 13.1 Å². The molecule has 8 heteroatoms. The number of fused-ring (bicyclic) bond motifs is 1. The summed E-state index contributed by atoms with van der Waals surface area (Å²) in [7, 11) is -3.78. The van der Waals surface area contributed by atoms with Gasteiger partial charge in [0.05, 0.1) is 11.7 Å². The maximum atomic E-state index is 13.9. The van der Waals surface area contributed by atoms with E-state index in [9.17, 15) is 12.8 Å². The second-order valence-corrected chi connectivity index (χ2v) is 9.53. The Morgan fingerprint density at radius 1 is 1.19 bits per heavy atom. The van der Waals surface area contributed by atoms with Crippen LogP contribution in [0.3, 0.4) is 0 Å². The minimum absolute atomic E-state index is 0.239. The molecule has 142 valence electrons. The van der Waals surface area contributed by atoms with Gasteiger partial charge in [0.15, 0.2) is 0 Å². The summed E-state index contributed by atoms with van der Waals surface area (Å²) in [6.45, 7) is 1.63. The molecule has 0 spiro atoms. The largest absolute Gasteiger partial charge is 0.346 e. The van der Waals surface area contributed by atoms with Crippen LogP contribution in [0.1, 0.15) is 12.8 Å². The minimum Gasteiger partial charge on any atom is -0.346 e. The Balaban J connectivity index is 1.45. The van der Waals surface area contributed by atoms with Crippen LogP contribution in [0.25, 0.3) is 10.9 Å². The van der Waals surface area contributed by atoms with Gasteiger partial charge in [0, 0.05) is 31.2 Å². The number of hydrogen-bond acceptors (Lipinski definition) is 3. The highest BCUT2D eigenvalue weighted by molar-refractivity contribution is 9.10. The van der Waals surface area contributed by atoms with E-state index in [-0.39, 0.29) is 4.90 Å². The average Bonchev–Trinajstić information content (AvgIpc) is 3.04. The van der Waals surface area contributed by atoms with Crippen molar-refractivity contribution in [2.24, 2.45) is 5.92 Å². The van der Waals surface area contributed by atoms with Crippen LogP contribution in [0.2, 0.25) is 0 Å². The second kappa shape index (κ2) is 7.33. The zero-order valence-electron chi connectivity index (χ0n) is 14.6. The lowest BCUT2D eigenvalue weighted by Gasteiger charge is -2.31. The van der Waals surface area contributed by atoms with Crippen LogP contribution in [-0.4, -0.2) is 35.4 Å². The van der Waals surface area contributed by atoms with E-state index in [4.69, 9.17) is 0 Å². The first-order chi connectivity index (χ1) is 12.9. The molecule has 0 N–H and O–H groups in total. The molecule has 0 radical (unpaired) electrons. The van der Waals surface area contributed by atoms with Gasteiger partial charge in [-0.2, -0.15) is 4.31 Å². The van der Waals surface area contributed by atoms with Gasteiger partial charge in [0.1, 0.15) is 15.3 Å². The van der Waals surface area contributed by atoms with E-state index in [0.29, 0.717) is 19.0 Å². The van der Waals surface area contributed by atoms with E-state index in [1.54, 1.807) is 6.07 Å². The summed E-state index contributed by atoms with van der Waals surface area (Å²) in [5.74, 6) is -0.326. The number of aromatic nitrogens is 2. The molecule has 0 saturated carbocycles. The second-order valence-electron chi connectivity index (χ2n) is 6.81. The third-order valence-electron chi connectivity index (χ3n) is 5.11. The van der Waals surface area contributed by atoms with E-state index in [1.165, 1.54) is 22.5 Å². The molecule has 2 aromatic heterocycles. The summed E-state index contributed by atoms with van der Waals surface area (Å²) < 4.78 is 43.7. The maximum absolute atomic E-state index is 13.9. The molecule has 1 fully saturated rings. The molecule has 5 nitrogen and oxygen atoms in total. The fraction of sp³-hybridized carbons (Fsp3) is 0.316. The van der Waals surface area contributed by atoms with Gasteiger partial charge in [-0.3, -0.25) is 0 Å². The first-order valence-corrected chi connectivity index (χ1v) is 11.0. The van der Waals surface area contributed by atoms with Crippen LogP contribution >= 0.6 is 15.9 Å². The highest BCUT2D eigenvalue weighted by Crippen LogP contribution is 2.27. The Labute approximate surface area is 166 Å². The zero-order valence-corrected chi connectivity index (χ0v) is 17.0. The molecular weight excluding hydrogens is 433 g/mol. The molecule has 0 aliphatic carbocycles. The molecule has 0 atom stereocenters. The van der Waals surface area contributed by atoms with E-state index in [2.05, 4.69) is 31.5 Å². The Morgan fingerprint density at radius 2 is 1.93 bits per heavy atom. The van der Waals surface area contributed by atoms with Crippen LogP contribution in [0.5, 0.6) is 0 Å². The standard InChI is InChI=1S/C19H19BrFN3O2S/c20-19-11-15-7-8-23(17(15)12-22-19)13-14-5-9-24(10-6-14)27(25,26)18-4-2-1-3-16(18)21/h1-4,7-8,11-12,14H,5-6,9-10,13H2. The summed E-state index contributed by atoms with van der Waals surface area (Å²) in [6.07, 6.45) is 5.38. The van der Waals surface area contributed by atoms with Crippen LogP contribution in [-0.2, 0) is 16.6 Å². The Morgan fingerprint density at radius 3 is 2.67 bits per heavy atom. The summed E-state index contributed by atoms with van der Waals surface area (Å²) in [5, 5.41) is 1.12. The van der Waals surface area contributed by atoms with Gasteiger partial charge in [0.2, 0.25) is 10.0 Å². The number of hydrogen-bond donors (Lipinski definition) is 0. The third kappa shape index (κ3) is 3.66. The Kier molecular flexibility index (Phi) is 5.05. The lowest BCUT2D eigenvalue weighted by Crippen LogP contribution is -2.39. The van der Waals surface area contributed by atoms with Crippen LogP contribution in [0.4, 0.5) is 4.39 Å². The highest BCUT2D eigenvalue weighted by Gasteiger charge is 2.31. The fourth-order valence-electron chi connectivity index (χ4n) is 3.62. The molecule has 27 heavy (non-hydrogen) atoms. The van der Waals surface area contributed by atoms with Gasteiger partial charge in [0.25, 0.3) is 0 Å². The lowest BCUT2D eigenvalue weighted by molar-refractivity contribution is 0.254. The Hall–Kier alpha value is -1.77. The molecule has 0 unspecified atom stereocenters. The zero-order chi connectivity index (χ0) is 19.0. The van der Waals surface area contributed by atoms with E-state index >= 15 is 0 Å². The van der Waals surface area contributed by atoms with E-state index in [1.807, 2.05) is 18.5 Å². The highest BCUT2D eigenvalue weighted by atomic mass is 79.9. The molecular formula is C19H19BrFN3O2S. The van der Waals surface area contributed by atoms with Crippen molar-refractivity contribution in [2.45, 2.75) is 24.3 Å². The number of halogens is 2. The number of nitrogens with zero attached hydrogens (tertiary/aromatic N) is 3. The SMILES string of the molecule is O=S(=O)(c1ccccc1F)N1CCC(Cn2ccc3cc(Br)ncc32)CC1. The van der Waals surface area contributed by atoms with Crippen LogP contribution in [0.15, 0.2) is 58.3 Å². The van der Waals surface area contributed by atoms with E-state index < -0.39 is 15.8 Å². The predicted octanol–water partition coefficient (Wildman–Crippen LogP) is 4.04. The molecule has 3 aromatic rings. The monoisotopic (exact) mass is 451 g/mol. The van der Waals surface area contributed by atoms with Crippen LogP contribution in [0, 0.1) is 11.7 Å². The minimum atomic E-state index is -3.78. The smallest absolute Gasteiger partial charge is 0.245 e. The third-order valence-corrected chi connectivity index (χ3v) is 7.47. The van der Waals surface area contributed by atoms with Crippen molar-refractivity contribution < 1.29 is 12.8 Å². The van der Waals surface area contributed by atoms with Crippen molar-refractivity contribution in [1.29, 1.82) is 0 Å². The summed E-state index contributed by atoms with van der Waals surface area (Å²) >= 11 is 3.38. The van der Waals surface area contributed by atoms with Crippen molar-refractivity contribution in [1.82, 2.24) is 13.9 Å². The van der Waals surface area contributed by atoms with Crippen molar-refractivity contribution in [3.05, 3.63) is 59.2 Å². The first kappa shape index (κ1) is 18.6. The lowest BCUT2D eigenvalue weighted by atomic mass is 9.98. The van der Waals surface area contributed by atoms with Crippen LogP contribution < -0.4 is 0 Å².